The molecule has 0 fully saturated rings. The number of nitrogens with zero attached hydrogens (tertiary/aromatic N) is 1. The molecule has 0 N–H and O–H groups in total. The van der Waals surface area contributed by atoms with Gasteiger partial charge in [0.25, 0.3) is 0 Å². The topological polar surface area (TPSA) is 52.4 Å². The lowest BCUT2D eigenvalue weighted by atomic mass is 10.2. The second-order valence-electron chi connectivity index (χ2n) is 2.66. The molecule has 0 amide bonds. The molecule has 0 aliphatic heterocycles. The number of ether oxygens (including phenoxy) is 1. The molecule has 0 radical (unpaired) electrons. The molecule has 7 heteroatoms. The quantitative estimate of drug-likeness (QED) is 0.608. The highest BCUT2D eigenvalue weighted by Gasteiger charge is 2.09. The Balaban J connectivity index is 3.03. The third-order valence-electron chi connectivity index (χ3n) is 1.56. The molecule has 0 heterocycles. The maximum Gasteiger partial charge on any atom is 0.387 e. The van der Waals surface area contributed by atoms with E-state index in [1.165, 1.54) is 18.2 Å². The van der Waals surface area contributed by atoms with Gasteiger partial charge in [-0.2, -0.15) is 8.78 Å². The molecule has 0 atom stereocenters. The number of hydrogen-bond donors (Lipinski definition) is 0. The van der Waals surface area contributed by atoms with Gasteiger partial charge in [-0.1, -0.05) is 11.6 Å². The lowest BCUT2D eigenvalue weighted by molar-refractivity contribution is -0.400. The monoisotopic (exact) mass is 249 g/mol. The summed E-state index contributed by atoms with van der Waals surface area (Å²) in [6.45, 7) is -3.00. The smallest absolute Gasteiger partial charge is 0.387 e. The van der Waals surface area contributed by atoms with Crippen molar-refractivity contribution >= 4 is 17.7 Å². The maximum atomic E-state index is 12.0. The minimum atomic E-state index is -3.00. The summed E-state index contributed by atoms with van der Waals surface area (Å²) < 4.78 is 28.1. The average molecular weight is 250 g/mol. The maximum absolute atomic E-state index is 12.0. The first-order chi connectivity index (χ1) is 7.49. The minimum Gasteiger partial charge on any atom is -0.434 e. The molecule has 0 saturated heterocycles. The number of halogens is 3. The van der Waals surface area contributed by atoms with Crippen molar-refractivity contribution in [3.05, 3.63) is 45.1 Å². The van der Waals surface area contributed by atoms with Gasteiger partial charge in [0.1, 0.15) is 5.75 Å². The number of nitro groups is 1. The fraction of sp³-hybridized carbons (Fsp3) is 0.111. The van der Waals surface area contributed by atoms with Crippen molar-refractivity contribution in [3.63, 3.8) is 0 Å². The Kier molecular flexibility index (Phi) is 4.19. The third-order valence-corrected chi connectivity index (χ3v) is 1.80. The second kappa shape index (κ2) is 5.41. The predicted octanol–water partition coefficient (Wildman–Crippen LogP) is 3.19. The van der Waals surface area contributed by atoms with E-state index in [1.807, 2.05) is 0 Å². The number of benzene rings is 1. The largest absolute Gasteiger partial charge is 0.434 e. The predicted molar refractivity (Wildman–Crippen MR) is 54.1 cm³/mol. The van der Waals surface area contributed by atoms with E-state index in [1.54, 1.807) is 0 Å². The molecule has 0 unspecified atom stereocenters. The van der Waals surface area contributed by atoms with Crippen molar-refractivity contribution in [1.82, 2.24) is 0 Å². The SMILES string of the molecule is O=[N+]([O-])C=Cc1cc(Cl)ccc1OC(F)F. The Bertz CT molecular complexity index is 423. The molecule has 0 aromatic heterocycles. The first-order valence-corrected chi connectivity index (χ1v) is 4.43. The molecule has 1 aromatic carbocycles. The Morgan fingerprint density at radius 1 is 1.50 bits per heavy atom. The van der Waals surface area contributed by atoms with E-state index in [-0.39, 0.29) is 16.3 Å². The summed E-state index contributed by atoms with van der Waals surface area (Å²) in [5.41, 5.74) is 0.115. The van der Waals surface area contributed by atoms with Gasteiger partial charge >= 0.3 is 6.61 Å². The van der Waals surface area contributed by atoms with Gasteiger partial charge < -0.3 is 4.74 Å². The molecule has 0 bridgehead atoms. The number of rotatable bonds is 4. The minimum absolute atomic E-state index is 0.115. The van der Waals surface area contributed by atoms with Crippen molar-refractivity contribution in [1.29, 1.82) is 0 Å². The molecule has 4 nitrogen and oxygen atoms in total. The molecule has 86 valence electrons. The highest BCUT2D eigenvalue weighted by Crippen LogP contribution is 2.25. The standard InChI is InChI=1S/C9H6ClF2NO3/c10-7-1-2-8(16-9(11)12)6(5-7)3-4-13(14)15/h1-5,9H. The van der Waals surface area contributed by atoms with E-state index in [0.29, 0.717) is 6.20 Å². The zero-order valence-electron chi connectivity index (χ0n) is 7.77. The van der Waals surface area contributed by atoms with Crippen molar-refractivity contribution in [2.24, 2.45) is 0 Å². The Hall–Kier alpha value is -1.69. The van der Waals surface area contributed by atoms with Gasteiger partial charge in [-0.25, -0.2) is 0 Å². The van der Waals surface area contributed by atoms with Crippen molar-refractivity contribution in [2.75, 3.05) is 0 Å². The van der Waals surface area contributed by atoms with E-state index in [9.17, 15) is 18.9 Å². The fourth-order valence-corrected chi connectivity index (χ4v) is 1.17. The summed E-state index contributed by atoms with van der Waals surface area (Å²) in [7, 11) is 0. The van der Waals surface area contributed by atoms with Crippen LogP contribution in [0.25, 0.3) is 6.08 Å². The Morgan fingerprint density at radius 2 is 2.19 bits per heavy atom. The van der Waals surface area contributed by atoms with Gasteiger partial charge in [-0.05, 0) is 18.2 Å². The van der Waals surface area contributed by atoms with Crippen LogP contribution < -0.4 is 4.74 Å². The number of alkyl halides is 2. The van der Waals surface area contributed by atoms with Gasteiger partial charge in [0, 0.05) is 16.7 Å². The highest BCUT2D eigenvalue weighted by molar-refractivity contribution is 6.30. The molecule has 0 spiro atoms. The van der Waals surface area contributed by atoms with Crippen LogP contribution in [-0.4, -0.2) is 11.5 Å². The molecule has 16 heavy (non-hydrogen) atoms. The van der Waals surface area contributed by atoms with Crippen LogP contribution in [0, 0.1) is 10.1 Å². The van der Waals surface area contributed by atoms with Gasteiger partial charge in [0.15, 0.2) is 0 Å². The van der Waals surface area contributed by atoms with Crippen molar-refractivity contribution in [3.8, 4) is 5.75 Å². The van der Waals surface area contributed by atoms with E-state index in [4.69, 9.17) is 11.6 Å². The van der Waals surface area contributed by atoms with Crippen LogP contribution in [-0.2, 0) is 0 Å². The molecule has 0 saturated carbocycles. The fourth-order valence-electron chi connectivity index (χ4n) is 0.994. The van der Waals surface area contributed by atoms with Crippen LogP contribution in [0.4, 0.5) is 8.78 Å². The van der Waals surface area contributed by atoms with Crippen LogP contribution in [0.2, 0.25) is 5.02 Å². The van der Waals surface area contributed by atoms with E-state index in [2.05, 4.69) is 4.74 Å². The molecular formula is C9H6ClF2NO3. The molecule has 0 aliphatic carbocycles. The summed E-state index contributed by atoms with van der Waals surface area (Å²) >= 11 is 5.62. The summed E-state index contributed by atoms with van der Waals surface area (Å²) in [6, 6.07) is 3.86. The van der Waals surface area contributed by atoms with E-state index >= 15 is 0 Å². The zero-order chi connectivity index (χ0) is 12.1. The first-order valence-electron chi connectivity index (χ1n) is 4.05. The number of hydrogen-bond acceptors (Lipinski definition) is 3. The van der Waals surface area contributed by atoms with Crippen LogP contribution in [0.15, 0.2) is 24.4 Å². The summed E-state index contributed by atoms with van der Waals surface area (Å²) in [5.74, 6) is -0.169. The van der Waals surface area contributed by atoms with Crippen LogP contribution in [0.5, 0.6) is 5.75 Å². The van der Waals surface area contributed by atoms with Crippen molar-refractivity contribution < 1.29 is 18.4 Å². The second-order valence-corrected chi connectivity index (χ2v) is 3.10. The normalized spacial score (nSPS) is 11.0. The van der Waals surface area contributed by atoms with Gasteiger partial charge in [0.2, 0.25) is 6.20 Å². The average Bonchev–Trinajstić information content (AvgIpc) is 2.17. The van der Waals surface area contributed by atoms with Gasteiger partial charge in [-0.3, -0.25) is 10.1 Å². The highest BCUT2D eigenvalue weighted by atomic mass is 35.5. The molecule has 1 rings (SSSR count). The summed E-state index contributed by atoms with van der Waals surface area (Å²) in [6.07, 6.45) is 1.65. The lowest BCUT2D eigenvalue weighted by Crippen LogP contribution is -2.03. The lowest BCUT2D eigenvalue weighted by Gasteiger charge is -2.07. The summed E-state index contributed by atoms with van der Waals surface area (Å²) in [4.78, 5) is 9.37. The van der Waals surface area contributed by atoms with Gasteiger partial charge in [-0.15, -0.1) is 0 Å². The Labute approximate surface area is 94.2 Å². The van der Waals surface area contributed by atoms with Gasteiger partial charge in [0.05, 0.1) is 4.92 Å². The zero-order valence-corrected chi connectivity index (χ0v) is 8.53. The third kappa shape index (κ3) is 3.82. The van der Waals surface area contributed by atoms with E-state index < -0.39 is 11.5 Å². The summed E-state index contributed by atoms with van der Waals surface area (Å²) in [5, 5.41) is 10.4. The first kappa shape index (κ1) is 12.4. The van der Waals surface area contributed by atoms with E-state index in [0.717, 1.165) is 6.08 Å². The van der Waals surface area contributed by atoms with Crippen LogP contribution >= 0.6 is 11.6 Å². The Morgan fingerprint density at radius 3 is 2.75 bits per heavy atom. The molecule has 1 aromatic rings. The molecular weight excluding hydrogens is 244 g/mol. The van der Waals surface area contributed by atoms with Crippen molar-refractivity contribution in [2.45, 2.75) is 6.61 Å². The van der Waals surface area contributed by atoms with Crippen LogP contribution in [0.1, 0.15) is 5.56 Å². The van der Waals surface area contributed by atoms with Crippen LogP contribution in [0.3, 0.4) is 0 Å². The molecule has 0 aliphatic rings.